The van der Waals surface area contributed by atoms with Crippen molar-refractivity contribution in [3.05, 3.63) is 69.7 Å². The molecular weight excluding hydrogens is 439 g/mol. The lowest BCUT2D eigenvalue weighted by Crippen LogP contribution is -2.30. The summed E-state index contributed by atoms with van der Waals surface area (Å²) in [7, 11) is 0. The Balaban J connectivity index is 1.55. The Labute approximate surface area is 189 Å². The molecule has 31 heavy (non-hydrogen) atoms. The summed E-state index contributed by atoms with van der Waals surface area (Å²) < 4.78 is 0. The van der Waals surface area contributed by atoms with Gasteiger partial charge in [-0.15, -0.1) is 5.10 Å². The van der Waals surface area contributed by atoms with Crippen molar-refractivity contribution in [2.45, 2.75) is 25.8 Å². The van der Waals surface area contributed by atoms with E-state index in [2.05, 4.69) is 25.5 Å². The normalized spacial score (nSPS) is 14.5. The van der Waals surface area contributed by atoms with Crippen LogP contribution in [0.5, 0.6) is 0 Å². The first-order valence-electron chi connectivity index (χ1n) is 9.91. The molecule has 0 spiro atoms. The first-order valence-corrected chi connectivity index (χ1v) is 10.7. The summed E-state index contributed by atoms with van der Waals surface area (Å²) in [5.41, 5.74) is 1.39. The van der Waals surface area contributed by atoms with E-state index in [9.17, 15) is 4.79 Å². The van der Waals surface area contributed by atoms with Gasteiger partial charge < -0.3 is 9.74 Å². The average molecular weight is 459 g/mol. The number of hydrogen-bond acceptors (Lipinski definition) is 7. The van der Waals surface area contributed by atoms with Crippen LogP contribution in [0.15, 0.2) is 53.7 Å². The largest absolute Gasteiger partial charge is 0.367 e. The Hall–Kier alpha value is -2.97. The van der Waals surface area contributed by atoms with Gasteiger partial charge in [0.05, 0.1) is 10.6 Å². The number of benzene rings is 2. The van der Waals surface area contributed by atoms with Gasteiger partial charge in [-0.1, -0.05) is 57.7 Å². The van der Waals surface area contributed by atoms with E-state index in [-0.39, 0.29) is 12.1 Å². The Morgan fingerprint density at radius 1 is 1.03 bits per heavy atom. The first-order chi connectivity index (χ1) is 15.1. The minimum Gasteiger partial charge on any atom is -0.338 e. The maximum Gasteiger partial charge on any atom is 0.367 e. The molecule has 0 unspecified atom stereocenters. The predicted molar refractivity (Wildman–Crippen MR) is 119 cm³/mol. The van der Waals surface area contributed by atoms with Crippen molar-refractivity contribution in [3.8, 4) is 0 Å². The van der Waals surface area contributed by atoms with Crippen molar-refractivity contribution in [2.75, 3.05) is 18.0 Å². The quantitative estimate of drug-likeness (QED) is 0.312. The molecule has 1 aliphatic rings. The summed E-state index contributed by atoms with van der Waals surface area (Å²) in [5, 5.41) is 17.7. The monoisotopic (exact) mass is 458 g/mol. The fourth-order valence-electron chi connectivity index (χ4n) is 3.24. The van der Waals surface area contributed by atoms with Crippen molar-refractivity contribution >= 4 is 40.8 Å². The number of nitrogens with zero attached hydrogens (tertiary/aromatic N) is 6. The van der Waals surface area contributed by atoms with Gasteiger partial charge in [-0.25, -0.2) is 4.79 Å². The highest BCUT2D eigenvalue weighted by atomic mass is 35.5. The number of carbonyl (C=O) groups excluding carboxylic acids is 1. The third kappa shape index (κ3) is 5.39. The summed E-state index contributed by atoms with van der Waals surface area (Å²) in [6, 6.07) is 13.7. The van der Waals surface area contributed by atoms with Crippen LogP contribution in [0.4, 0.5) is 5.95 Å². The van der Waals surface area contributed by atoms with Gasteiger partial charge in [0, 0.05) is 23.7 Å². The van der Waals surface area contributed by atoms with Crippen LogP contribution in [0.2, 0.25) is 10.0 Å². The molecule has 2 aromatic carbocycles. The Morgan fingerprint density at radius 3 is 2.52 bits per heavy atom. The SMILES string of the molecule is O=C(ON=C(Cn1nnc(N2CCCCC2)n1)c1ccc(Cl)cc1)c1ccccc1Cl. The zero-order valence-corrected chi connectivity index (χ0v) is 18.1. The topological polar surface area (TPSA) is 85.5 Å². The number of aromatic nitrogens is 4. The molecule has 0 aliphatic carbocycles. The lowest BCUT2D eigenvalue weighted by molar-refractivity contribution is 0.0515. The van der Waals surface area contributed by atoms with Gasteiger partial charge in [-0.3, -0.25) is 0 Å². The van der Waals surface area contributed by atoms with Crippen LogP contribution in [0.3, 0.4) is 0 Å². The third-order valence-electron chi connectivity index (χ3n) is 4.88. The average Bonchev–Trinajstić information content (AvgIpc) is 3.26. The minimum atomic E-state index is -0.655. The number of hydrogen-bond donors (Lipinski definition) is 0. The molecule has 10 heteroatoms. The number of rotatable bonds is 6. The summed E-state index contributed by atoms with van der Waals surface area (Å²) in [6.07, 6.45) is 3.45. The van der Waals surface area contributed by atoms with Crippen molar-refractivity contribution in [2.24, 2.45) is 5.16 Å². The molecule has 160 valence electrons. The lowest BCUT2D eigenvalue weighted by Gasteiger charge is -2.24. The van der Waals surface area contributed by atoms with Gasteiger partial charge in [0.1, 0.15) is 12.3 Å². The summed E-state index contributed by atoms with van der Waals surface area (Å²) in [4.78, 5) is 21.2. The zero-order chi connectivity index (χ0) is 21.6. The van der Waals surface area contributed by atoms with E-state index in [1.807, 2.05) is 0 Å². The second kappa shape index (κ2) is 9.89. The fraction of sp³-hybridized carbons (Fsp3) is 0.286. The molecular formula is C21H20Cl2N6O2. The van der Waals surface area contributed by atoms with Gasteiger partial charge in [0.15, 0.2) is 0 Å². The molecule has 0 atom stereocenters. The van der Waals surface area contributed by atoms with E-state index in [0.29, 0.717) is 27.3 Å². The molecule has 0 saturated carbocycles. The molecule has 1 saturated heterocycles. The fourth-order valence-corrected chi connectivity index (χ4v) is 3.58. The highest BCUT2D eigenvalue weighted by Gasteiger charge is 2.18. The highest BCUT2D eigenvalue weighted by Crippen LogP contribution is 2.17. The van der Waals surface area contributed by atoms with Crippen molar-refractivity contribution < 1.29 is 9.63 Å². The number of anilines is 1. The molecule has 1 aliphatic heterocycles. The van der Waals surface area contributed by atoms with E-state index in [1.54, 1.807) is 48.5 Å². The van der Waals surface area contributed by atoms with E-state index >= 15 is 0 Å². The van der Waals surface area contributed by atoms with Crippen LogP contribution < -0.4 is 4.90 Å². The van der Waals surface area contributed by atoms with Gasteiger partial charge >= 0.3 is 5.97 Å². The van der Waals surface area contributed by atoms with Crippen molar-refractivity contribution in [1.29, 1.82) is 0 Å². The van der Waals surface area contributed by atoms with Gasteiger partial charge in [-0.05, 0) is 48.7 Å². The Kier molecular flexibility index (Phi) is 6.79. The number of piperidine rings is 1. The van der Waals surface area contributed by atoms with Crippen molar-refractivity contribution in [3.63, 3.8) is 0 Å². The van der Waals surface area contributed by atoms with E-state index in [0.717, 1.165) is 25.9 Å². The summed E-state index contributed by atoms with van der Waals surface area (Å²) in [6.45, 7) is 2.00. The van der Waals surface area contributed by atoms with Crippen LogP contribution in [0, 0.1) is 0 Å². The molecule has 4 rings (SSSR count). The van der Waals surface area contributed by atoms with Crippen molar-refractivity contribution in [1.82, 2.24) is 20.2 Å². The van der Waals surface area contributed by atoms with Crippen LogP contribution >= 0.6 is 23.2 Å². The van der Waals surface area contributed by atoms with E-state index in [4.69, 9.17) is 28.0 Å². The molecule has 1 fully saturated rings. The van der Waals surface area contributed by atoms with Crippen LogP contribution in [-0.2, 0) is 11.4 Å². The zero-order valence-electron chi connectivity index (χ0n) is 16.6. The second-order valence-electron chi connectivity index (χ2n) is 7.07. The smallest absolute Gasteiger partial charge is 0.338 e. The molecule has 2 heterocycles. The number of tetrazole rings is 1. The van der Waals surface area contributed by atoms with Gasteiger partial charge in [0.2, 0.25) is 0 Å². The van der Waals surface area contributed by atoms with E-state index in [1.165, 1.54) is 11.2 Å². The standard InChI is InChI=1S/C21H20Cl2N6O2/c22-16-10-8-15(9-11-16)19(26-31-20(30)17-6-2-3-7-18(17)23)14-29-25-21(24-27-29)28-12-4-1-5-13-28/h2-3,6-11H,1,4-5,12-14H2. The lowest BCUT2D eigenvalue weighted by atomic mass is 10.1. The maximum absolute atomic E-state index is 12.4. The molecule has 3 aromatic rings. The van der Waals surface area contributed by atoms with Crippen LogP contribution in [-0.4, -0.2) is 45.0 Å². The molecule has 0 N–H and O–H groups in total. The minimum absolute atomic E-state index is 0.165. The number of oxime groups is 1. The Bertz CT molecular complexity index is 1080. The highest BCUT2D eigenvalue weighted by molar-refractivity contribution is 6.33. The molecule has 8 nitrogen and oxygen atoms in total. The molecule has 1 aromatic heterocycles. The Morgan fingerprint density at radius 2 is 1.77 bits per heavy atom. The molecule has 0 bridgehead atoms. The van der Waals surface area contributed by atoms with Gasteiger partial charge in [-0.2, -0.15) is 4.80 Å². The number of halogens is 2. The molecule has 0 radical (unpaired) electrons. The predicted octanol–water partition coefficient (Wildman–Crippen LogP) is 4.23. The second-order valence-corrected chi connectivity index (χ2v) is 7.91. The van der Waals surface area contributed by atoms with Gasteiger partial charge in [0.25, 0.3) is 5.95 Å². The summed E-state index contributed by atoms with van der Waals surface area (Å²) >= 11 is 12.1. The third-order valence-corrected chi connectivity index (χ3v) is 5.46. The first kappa shape index (κ1) is 21.3. The maximum atomic E-state index is 12.4. The molecule has 0 amide bonds. The number of carbonyl (C=O) groups is 1. The summed E-state index contributed by atoms with van der Waals surface area (Å²) in [5.74, 6) is -0.0687. The van der Waals surface area contributed by atoms with E-state index < -0.39 is 5.97 Å². The van der Waals surface area contributed by atoms with Crippen LogP contribution in [0.1, 0.15) is 35.2 Å². The van der Waals surface area contributed by atoms with Crippen LogP contribution in [0.25, 0.3) is 0 Å².